The van der Waals surface area contributed by atoms with Crippen LogP contribution in [0.25, 0.3) is 0 Å². The van der Waals surface area contributed by atoms with Gasteiger partial charge < -0.3 is 14.8 Å². The second-order valence-corrected chi connectivity index (χ2v) is 7.10. The molecule has 0 saturated heterocycles. The molecule has 1 heterocycles. The third kappa shape index (κ3) is 4.11. The van der Waals surface area contributed by atoms with E-state index in [0.29, 0.717) is 28.4 Å². The van der Waals surface area contributed by atoms with E-state index in [9.17, 15) is 14.9 Å². The minimum Gasteiger partial charge on any atom is -0.497 e. The van der Waals surface area contributed by atoms with Crippen LogP contribution < -0.4 is 19.7 Å². The highest BCUT2D eigenvalue weighted by Gasteiger charge is 2.35. The van der Waals surface area contributed by atoms with Crippen molar-refractivity contribution in [2.75, 3.05) is 24.4 Å². The number of ether oxygens (including phenoxy) is 2. The lowest BCUT2D eigenvalue weighted by molar-refractivity contribution is -0.384. The summed E-state index contributed by atoms with van der Waals surface area (Å²) in [7, 11) is 3.15. The number of hydrogen-bond donors (Lipinski definition) is 1. The lowest BCUT2D eigenvalue weighted by Crippen LogP contribution is -2.30. The summed E-state index contributed by atoms with van der Waals surface area (Å²) in [4.78, 5) is 25.8. The summed E-state index contributed by atoms with van der Waals surface area (Å²) >= 11 is 0. The number of nitrogens with zero attached hydrogens (tertiary/aromatic N) is 2. The molecule has 0 radical (unpaired) electrons. The quantitative estimate of drug-likeness (QED) is 0.431. The summed E-state index contributed by atoms with van der Waals surface area (Å²) in [6.07, 6.45) is 1.77. The molecule has 162 valence electrons. The lowest BCUT2D eigenvalue weighted by Gasteiger charge is -2.25. The zero-order chi connectivity index (χ0) is 22.7. The van der Waals surface area contributed by atoms with Crippen molar-refractivity contribution >= 4 is 23.0 Å². The Morgan fingerprint density at radius 1 is 0.938 bits per heavy atom. The van der Waals surface area contributed by atoms with Crippen molar-refractivity contribution in [3.05, 3.63) is 100 Å². The molecule has 0 saturated carbocycles. The van der Waals surface area contributed by atoms with Gasteiger partial charge in [-0.3, -0.25) is 19.8 Å². The molecule has 0 aromatic heterocycles. The smallest absolute Gasteiger partial charge is 0.275 e. The highest BCUT2D eigenvalue weighted by atomic mass is 16.6. The fraction of sp³-hybridized carbons (Fsp3) is 0.125. The first-order valence-electron chi connectivity index (χ1n) is 9.85. The average Bonchev–Trinajstić information content (AvgIpc) is 3.15. The molecule has 1 unspecified atom stereocenters. The van der Waals surface area contributed by atoms with E-state index < -0.39 is 11.0 Å². The maximum atomic E-state index is 13.4. The largest absolute Gasteiger partial charge is 0.497 e. The van der Waals surface area contributed by atoms with E-state index in [1.54, 1.807) is 73.7 Å². The van der Waals surface area contributed by atoms with Gasteiger partial charge in [-0.1, -0.05) is 12.1 Å². The van der Waals surface area contributed by atoms with Crippen LogP contribution in [-0.4, -0.2) is 25.1 Å². The third-order valence-electron chi connectivity index (χ3n) is 5.19. The normalized spacial score (nSPS) is 15.3. The zero-order valence-corrected chi connectivity index (χ0v) is 17.5. The molecule has 4 rings (SSSR count). The van der Waals surface area contributed by atoms with Crippen molar-refractivity contribution in [3.63, 3.8) is 0 Å². The van der Waals surface area contributed by atoms with Gasteiger partial charge in [0.15, 0.2) is 0 Å². The highest BCUT2D eigenvalue weighted by molar-refractivity contribution is 6.11. The van der Waals surface area contributed by atoms with Crippen LogP contribution in [0.2, 0.25) is 0 Å². The van der Waals surface area contributed by atoms with Crippen LogP contribution in [0.4, 0.5) is 17.1 Å². The second-order valence-electron chi connectivity index (χ2n) is 7.10. The Morgan fingerprint density at radius 3 is 2.16 bits per heavy atom. The number of benzene rings is 3. The van der Waals surface area contributed by atoms with Crippen molar-refractivity contribution in [3.8, 4) is 11.5 Å². The van der Waals surface area contributed by atoms with Gasteiger partial charge in [-0.25, -0.2) is 0 Å². The minimum atomic E-state index is -0.517. The summed E-state index contributed by atoms with van der Waals surface area (Å²) in [6, 6.07) is 20.1. The van der Waals surface area contributed by atoms with Crippen LogP contribution in [0.1, 0.15) is 11.6 Å². The first-order valence-corrected chi connectivity index (χ1v) is 9.85. The van der Waals surface area contributed by atoms with Crippen LogP contribution in [0, 0.1) is 10.1 Å². The van der Waals surface area contributed by atoms with E-state index >= 15 is 0 Å². The van der Waals surface area contributed by atoms with Crippen LogP contribution in [-0.2, 0) is 4.79 Å². The highest BCUT2D eigenvalue weighted by Crippen LogP contribution is 2.37. The number of nitro groups is 1. The molecule has 32 heavy (non-hydrogen) atoms. The number of nitrogens with one attached hydrogen (secondary N) is 1. The molecule has 1 aliphatic heterocycles. The molecule has 0 bridgehead atoms. The Labute approximate surface area is 184 Å². The molecule has 1 amide bonds. The predicted molar refractivity (Wildman–Crippen MR) is 121 cm³/mol. The molecule has 3 aromatic rings. The van der Waals surface area contributed by atoms with E-state index in [2.05, 4.69) is 5.32 Å². The molecule has 1 aliphatic rings. The van der Waals surface area contributed by atoms with Gasteiger partial charge in [0.2, 0.25) is 0 Å². The molecule has 8 heteroatoms. The van der Waals surface area contributed by atoms with Gasteiger partial charge in [0.05, 0.1) is 25.2 Å². The summed E-state index contributed by atoms with van der Waals surface area (Å²) in [6.45, 7) is 0. The molecule has 0 spiro atoms. The third-order valence-corrected chi connectivity index (χ3v) is 5.19. The van der Waals surface area contributed by atoms with Crippen molar-refractivity contribution in [1.29, 1.82) is 0 Å². The molecule has 8 nitrogen and oxygen atoms in total. The van der Waals surface area contributed by atoms with E-state index in [0.717, 1.165) is 5.69 Å². The number of carbonyl (C=O) groups excluding carboxylic acids is 1. The molecule has 1 N–H and O–H groups in total. The van der Waals surface area contributed by atoms with Crippen LogP contribution in [0.3, 0.4) is 0 Å². The van der Waals surface area contributed by atoms with E-state index in [-0.39, 0.29) is 11.6 Å². The first-order chi connectivity index (χ1) is 15.5. The maximum Gasteiger partial charge on any atom is 0.275 e. The standard InChI is InChI=1S/C24H21N3O5/c1-31-20-10-6-17(7-11-20)25-22-15-23(16-4-3-5-19(14-16)27(29)30)26(24(22)28)18-8-12-21(32-2)13-9-18/h3-15,23,25H,1-2H3. The number of methoxy groups -OCH3 is 2. The fourth-order valence-electron chi connectivity index (χ4n) is 3.57. The number of nitro benzene ring substituents is 1. The summed E-state index contributed by atoms with van der Waals surface area (Å²) in [5, 5.41) is 14.4. The van der Waals surface area contributed by atoms with E-state index in [1.807, 2.05) is 12.1 Å². The summed E-state index contributed by atoms with van der Waals surface area (Å²) in [5.41, 5.74) is 2.35. The monoisotopic (exact) mass is 431 g/mol. The molecule has 0 fully saturated rings. The fourth-order valence-corrected chi connectivity index (χ4v) is 3.57. The number of rotatable bonds is 7. The van der Waals surface area contributed by atoms with Crippen molar-refractivity contribution in [2.24, 2.45) is 0 Å². The molecular weight excluding hydrogens is 410 g/mol. The first kappa shape index (κ1) is 20.9. The summed E-state index contributed by atoms with van der Waals surface area (Å²) in [5.74, 6) is 1.12. The Kier molecular flexibility index (Phi) is 5.76. The van der Waals surface area contributed by atoms with Gasteiger partial charge in [0.25, 0.3) is 11.6 Å². The van der Waals surface area contributed by atoms with Gasteiger partial charge in [-0.05, 0) is 60.2 Å². The molecule has 3 aromatic carbocycles. The molecule has 1 atom stereocenters. The van der Waals surface area contributed by atoms with Gasteiger partial charge in [-0.2, -0.15) is 0 Å². The Hall–Kier alpha value is -4.33. The van der Waals surface area contributed by atoms with Crippen molar-refractivity contribution < 1.29 is 19.2 Å². The number of anilines is 2. The SMILES string of the molecule is COc1ccc(NC2=CC(c3cccc([N+](=O)[O-])c3)N(c3ccc(OC)cc3)C2=O)cc1. The van der Waals surface area contributed by atoms with Gasteiger partial charge in [0.1, 0.15) is 17.2 Å². The van der Waals surface area contributed by atoms with Gasteiger partial charge in [-0.15, -0.1) is 0 Å². The van der Waals surface area contributed by atoms with Gasteiger partial charge in [0, 0.05) is 23.5 Å². The Bertz CT molecular complexity index is 1170. The number of amides is 1. The van der Waals surface area contributed by atoms with Crippen molar-refractivity contribution in [1.82, 2.24) is 0 Å². The molecule has 0 aliphatic carbocycles. The van der Waals surface area contributed by atoms with E-state index in [1.165, 1.54) is 12.1 Å². The second kappa shape index (κ2) is 8.81. The number of hydrogen-bond acceptors (Lipinski definition) is 6. The minimum absolute atomic E-state index is 0.0328. The van der Waals surface area contributed by atoms with Gasteiger partial charge >= 0.3 is 0 Å². The maximum absolute atomic E-state index is 13.4. The predicted octanol–water partition coefficient (Wildman–Crippen LogP) is 4.70. The molecular formula is C24H21N3O5. The van der Waals surface area contributed by atoms with Crippen molar-refractivity contribution in [2.45, 2.75) is 6.04 Å². The van der Waals surface area contributed by atoms with E-state index in [4.69, 9.17) is 9.47 Å². The topological polar surface area (TPSA) is 93.9 Å². The average molecular weight is 431 g/mol. The number of carbonyl (C=O) groups is 1. The summed E-state index contributed by atoms with van der Waals surface area (Å²) < 4.78 is 10.4. The Morgan fingerprint density at radius 2 is 1.56 bits per heavy atom. The van der Waals surface area contributed by atoms with Crippen LogP contribution in [0.15, 0.2) is 84.6 Å². The van der Waals surface area contributed by atoms with Crippen LogP contribution >= 0.6 is 0 Å². The Balaban J connectivity index is 1.72. The number of non-ortho nitro benzene ring substituents is 1. The lowest BCUT2D eigenvalue weighted by atomic mass is 10.1. The zero-order valence-electron chi connectivity index (χ0n) is 17.5. The van der Waals surface area contributed by atoms with Crippen LogP contribution in [0.5, 0.6) is 11.5 Å².